The molecule has 2 amide bonds. The standard InChI is InChI=1S/C25H24N2O3/c28-24(26-18-21-14-9-17-30-21)22-15-7-8-16-23(22)25(29)27(19-10-3-1-4-11-19)20-12-5-2-6-13-20/h1-8,10-13,15-16,21H,9,14,17-18H2,(H,26,28). The van der Waals surface area contributed by atoms with Gasteiger partial charge in [0, 0.05) is 24.5 Å². The Morgan fingerprint density at radius 2 is 1.40 bits per heavy atom. The Labute approximate surface area is 176 Å². The molecule has 0 saturated carbocycles. The van der Waals surface area contributed by atoms with Gasteiger partial charge in [0.2, 0.25) is 0 Å². The van der Waals surface area contributed by atoms with Crippen LogP contribution in [0.3, 0.4) is 0 Å². The molecule has 1 aliphatic heterocycles. The number of hydrogen-bond donors (Lipinski definition) is 1. The van der Waals surface area contributed by atoms with E-state index in [4.69, 9.17) is 4.74 Å². The van der Waals surface area contributed by atoms with Crippen molar-refractivity contribution >= 4 is 23.2 Å². The first-order valence-corrected chi connectivity index (χ1v) is 10.2. The Morgan fingerprint density at radius 3 is 1.97 bits per heavy atom. The van der Waals surface area contributed by atoms with E-state index in [-0.39, 0.29) is 17.9 Å². The molecule has 0 aromatic heterocycles. The first-order chi connectivity index (χ1) is 14.7. The summed E-state index contributed by atoms with van der Waals surface area (Å²) in [7, 11) is 0. The van der Waals surface area contributed by atoms with Gasteiger partial charge in [-0.1, -0.05) is 48.5 Å². The molecular formula is C25H24N2O3. The van der Waals surface area contributed by atoms with Crippen molar-refractivity contribution in [1.82, 2.24) is 5.32 Å². The fraction of sp³-hybridized carbons (Fsp3) is 0.200. The molecule has 0 spiro atoms. The van der Waals surface area contributed by atoms with E-state index in [0.717, 1.165) is 30.8 Å². The molecule has 5 heteroatoms. The first kappa shape index (κ1) is 19.9. The normalized spacial score (nSPS) is 15.5. The van der Waals surface area contributed by atoms with E-state index in [1.54, 1.807) is 29.2 Å². The minimum atomic E-state index is -0.268. The van der Waals surface area contributed by atoms with Crippen LogP contribution in [-0.4, -0.2) is 31.1 Å². The van der Waals surface area contributed by atoms with Crippen LogP contribution in [0.2, 0.25) is 0 Å². The predicted molar refractivity (Wildman–Crippen MR) is 117 cm³/mol. The lowest BCUT2D eigenvalue weighted by Crippen LogP contribution is -2.34. The van der Waals surface area contributed by atoms with E-state index in [1.807, 2.05) is 60.7 Å². The molecule has 1 atom stereocenters. The zero-order valence-electron chi connectivity index (χ0n) is 16.7. The van der Waals surface area contributed by atoms with Crippen molar-refractivity contribution in [3.05, 3.63) is 96.1 Å². The Bertz CT molecular complexity index is 960. The third-order valence-electron chi connectivity index (χ3n) is 5.15. The Balaban J connectivity index is 1.64. The molecule has 1 unspecified atom stereocenters. The van der Waals surface area contributed by atoms with Gasteiger partial charge in [-0.3, -0.25) is 14.5 Å². The average Bonchev–Trinajstić information content (AvgIpc) is 3.33. The summed E-state index contributed by atoms with van der Waals surface area (Å²) in [5.41, 5.74) is 2.19. The molecule has 1 N–H and O–H groups in total. The van der Waals surface area contributed by atoms with Crippen LogP contribution in [0.1, 0.15) is 33.6 Å². The van der Waals surface area contributed by atoms with Crippen LogP contribution in [0.25, 0.3) is 0 Å². The fourth-order valence-corrected chi connectivity index (χ4v) is 3.63. The van der Waals surface area contributed by atoms with E-state index >= 15 is 0 Å². The van der Waals surface area contributed by atoms with Crippen LogP contribution < -0.4 is 10.2 Å². The van der Waals surface area contributed by atoms with Crippen LogP contribution in [0.15, 0.2) is 84.9 Å². The number of amides is 2. The smallest absolute Gasteiger partial charge is 0.263 e. The molecule has 5 nitrogen and oxygen atoms in total. The number of benzene rings is 3. The van der Waals surface area contributed by atoms with E-state index in [9.17, 15) is 9.59 Å². The van der Waals surface area contributed by atoms with Gasteiger partial charge in [0.1, 0.15) is 0 Å². The summed E-state index contributed by atoms with van der Waals surface area (Å²) in [6, 6.07) is 25.8. The summed E-state index contributed by atoms with van der Waals surface area (Å²) in [6.07, 6.45) is 2.00. The maximum absolute atomic E-state index is 13.7. The molecule has 1 fully saturated rings. The van der Waals surface area contributed by atoms with Crippen molar-refractivity contribution in [2.45, 2.75) is 18.9 Å². The number of ether oxygens (including phenoxy) is 1. The van der Waals surface area contributed by atoms with Gasteiger partial charge in [-0.15, -0.1) is 0 Å². The molecule has 4 rings (SSSR count). The number of hydrogen-bond acceptors (Lipinski definition) is 3. The van der Waals surface area contributed by atoms with Crippen molar-refractivity contribution in [3.63, 3.8) is 0 Å². The topological polar surface area (TPSA) is 58.6 Å². The van der Waals surface area contributed by atoms with Crippen molar-refractivity contribution in [2.75, 3.05) is 18.1 Å². The van der Waals surface area contributed by atoms with Gasteiger partial charge >= 0.3 is 0 Å². The zero-order valence-corrected chi connectivity index (χ0v) is 16.7. The molecule has 3 aromatic rings. The monoisotopic (exact) mass is 400 g/mol. The average molecular weight is 400 g/mol. The number of para-hydroxylation sites is 2. The van der Waals surface area contributed by atoms with E-state index in [2.05, 4.69) is 5.32 Å². The Hall–Kier alpha value is -3.44. The highest BCUT2D eigenvalue weighted by atomic mass is 16.5. The van der Waals surface area contributed by atoms with Gasteiger partial charge in [0.15, 0.2) is 0 Å². The second-order valence-corrected chi connectivity index (χ2v) is 7.20. The summed E-state index contributed by atoms with van der Waals surface area (Å²) in [5.74, 6) is -0.522. The van der Waals surface area contributed by atoms with Gasteiger partial charge < -0.3 is 10.1 Å². The predicted octanol–water partition coefficient (Wildman–Crippen LogP) is 4.57. The molecule has 0 radical (unpaired) electrons. The Kier molecular flexibility index (Phi) is 6.20. The van der Waals surface area contributed by atoms with E-state index in [0.29, 0.717) is 17.7 Å². The number of nitrogens with zero attached hydrogens (tertiary/aromatic N) is 1. The molecule has 1 aliphatic rings. The number of rotatable bonds is 6. The third-order valence-corrected chi connectivity index (χ3v) is 5.15. The minimum absolute atomic E-state index is 0.0435. The largest absolute Gasteiger partial charge is 0.376 e. The third kappa shape index (κ3) is 4.42. The highest BCUT2D eigenvalue weighted by molar-refractivity contribution is 6.16. The summed E-state index contributed by atoms with van der Waals surface area (Å²) in [5, 5.41) is 2.92. The van der Waals surface area contributed by atoms with E-state index < -0.39 is 0 Å². The van der Waals surface area contributed by atoms with Crippen molar-refractivity contribution in [1.29, 1.82) is 0 Å². The van der Waals surface area contributed by atoms with Crippen molar-refractivity contribution in [3.8, 4) is 0 Å². The summed E-state index contributed by atoms with van der Waals surface area (Å²) in [6.45, 7) is 1.18. The number of carbonyl (C=O) groups is 2. The molecule has 0 aliphatic carbocycles. The molecule has 0 bridgehead atoms. The first-order valence-electron chi connectivity index (χ1n) is 10.2. The van der Waals surface area contributed by atoms with Crippen LogP contribution in [0, 0.1) is 0 Å². The molecule has 30 heavy (non-hydrogen) atoms. The molecule has 1 heterocycles. The maximum atomic E-state index is 13.7. The van der Waals surface area contributed by atoms with Crippen molar-refractivity contribution < 1.29 is 14.3 Å². The zero-order chi connectivity index (χ0) is 20.8. The van der Waals surface area contributed by atoms with Gasteiger partial charge in [-0.05, 0) is 49.2 Å². The van der Waals surface area contributed by atoms with Crippen LogP contribution in [0.4, 0.5) is 11.4 Å². The Morgan fingerprint density at radius 1 is 0.833 bits per heavy atom. The van der Waals surface area contributed by atoms with Crippen LogP contribution in [-0.2, 0) is 4.74 Å². The van der Waals surface area contributed by atoms with Crippen LogP contribution >= 0.6 is 0 Å². The highest BCUT2D eigenvalue weighted by Crippen LogP contribution is 2.28. The quantitative estimate of drug-likeness (QED) is 0.659. The summed E-state index contributed by atoms with van der Waals surface area (Å²) < 4.78 is 5.58. The molecule has 1 saturated heterocycles. The van der Waals surface area contributed by atoms with Gasteiger partial charge in [0.25, 0.3) is 11.8 Å². The number of carbonyl (C=O) groups excluding carboxylic acids is 2. The molecular weight excluding hydrogens is 376 g/mol. The SMILES string of the molecule is O=C(NCC1CCCO1)c1ccccc1C(=O)N(c1ccccc1)c1ccccc1. The highest BCUT2D eigenvalue weighted by Gasteiger charge is 2.25. The second-order valence-electron chi connectivity index (χ2n) is 7.20. The van der Waals surface area contributed by atoms with Crippen molar-refractivity contribution in [2.24, 2.45) is 0 Å². The minimum Gasteiger partial charge on any atom is -0.376 e. The molecule has 3 aromatic carbocycles. The lowest BCUT2D eigenvalue weighted by atomic mass is 10.0. The lowest BCUT2D eigenvalue weighted by molar-refractivity contribution is 0.0852. The number of nitrogens with one attached hydrogen (secondary N) is 1. The number of anilines is 2. The fourth-order valence-electron chi connectivity index (χ4n) is 3.63. The maximum Gasteiger partial charge on any atom is 0.263 e. The lowest BCUT2D eigenvalue weighted by Gasteiger charge is -2.24. The van der Waals surface area contributed by atoms with Gasteiger partial charge in [-0.25, -0.2) is 0 Å². The van der Waals surface area contributed by atoms with E-state index in [1.165, 1.54) is 0 Å². The summed E-state index contributed by atoms with van der Waals surface area (Å²) >= 11 is 0. The van der Waals surface area contributed by atoms with Crippen LogP contribution in [0.5, 0.6) is 0 Å². The van der Waals surface area contributed by atoms with Gasteiger partial charge in [-0.2, -0.15) is 0 Å². The molecule has 152 valence electrons. The van der Waals surface area contributed by atoms with Gasteiger partial charge in [0.05, 0.1) is 17.2 Å². The second kappa shape index (κ2) is 9.37. The summed E-state index contributed by atoms with van der Waals surface area (Å²) in [4.78, 5) is 28.2.